The normalized spacial score (nSPS) is 14.2. The molecule has 1 fully saturated rings. The Balaban J connectivity index is 1.46. The number of amides is 2. The van der Waals surface area contributed by atoms with Crippen molar-refractivity contribution in [3.8, 4) is 0 Å². The Hall–Kier alpha value is -2.30. The number of carbonyl (C=O) groups is 1. The molecule has 0 radical (unpaired) electrons. The van der Waals surface area contributed by atoms with Gasteiger partial charge < -0.3 is 14.8 Å². The summed E-state index contributed by atoms with van der Waals surface area (Å²) < 4.78 is 2.13. The van der Waals surface area contributed by atoms with Crippen molar-refractivity contribution >= 4 is 6.03 Å². The quantitative estimate of drug-likeness (QED) is 0.891. The molecule has 0 saturated carbocycles. The van der Waals surface area contributed by atoms with E-state index in [9.17, 15) is 4.79 Å². The minimum absolute atomic E-state index is 0.0290. The Morgan fingerprint density at radius 3 is 2.74 bits per heavy atom. The van der Waals surface area contributed by atoms with Gasteiger partial charge in [-0.25, -0.2) is 9.78 Å². The number of aryl methyl sites for hydroxylation is 2. The van der Waals surface area contributed by atoms with Crippen LogP contribution in [0.25, 0.3) is 0 Å². The zero-order valence-electron chi connectivity index (χ0n) is 13.4. The predicted molar refractivity (Wildman–Crippen MR) is 90.0 cm³/mol. The molecule has 1 saturated heterocycles. The summed E-state index contributed by atoms with van der Waals surface area (Å²) in [5.41, 5.74) is 1.36. The number of nitrogens with zero attached hydrogens (tertiary/aromatic N) is 3. The summed E-state index contributed by atoms with van der Waals surface area (Å²) in [4.78, 5) is 18.3. The maximum absolute atomic E-state index is 12.0. The van der Waals surface area contributed by atoms with Gasteiger partial charge in [0.1, 0.15) is 5.82 Å². The molecule has 3 rings (SSSR count). The molecule has 0 unspecified atom stereocenters. The number of carbonyl (C=O) groups excluding carboxylic acids is 1. The largest absolute Gasteiger partial charge is 0.333 e. The van der Waals surface area contributed by atoms with E-state index in [1.165, 1.54) is 5.56 Å². The molecule has 2 heterocycles. The smallest absolute Gasteiger partial charge is 0.317 e. The lowest BCUT2D eigenvalue weighted by Gasteiger charge is -2.16. The first-order valence-corrected chi connectivity index (χ1v) is 8.39. The molecule has 5 heteroatoms. The van der Waals surface area contributed by atoms with E-state index >= 15 is 0 Å². The van der Waals surface area contributed by atoms with Crippen LogP contribution in [0.4, 0.5) is 4.79 Å². The Morgan fingerprint density at radius 2 is 1.96 bits per heavy atom. The summed E-state index contributed by atoms with van der Waals surface area (Å²) in [5.74, 6) is 0.922. The third-order valence-corrected chi connectivity index (χ3v) is 4.30. The van der Waals surface area contributed by atoms with E-state index < -0.39 is 0 Å². The highest BCUT2D eigenvalue weighted by Gasteiger charge is 2.17. The minimum Gasteiger partial charge on any atom is -0.333 e. The van der Waals surface area contributed by atoms with Gasteiger partial charge in [-0.3, -0.25) is 0 Å². The van der Waals surface area contributed by atoms with Crippen LogP contribution in [-0.2, 0) is 19.5 Å². The Labute approximate surface area is 137 Å². The average Bonchev–Trinajstić information content (AvgIpc) is 3.26. The van der Waals surface area contributed by atoms with Crippen molar-refractivity contribution in [1.29, 1.82) is 0 Å². The lowest BCUT2D eigenvalue weighted by molar-refractivity contribution is 0.208. The molecule has 0 aliphatic carbocycles. The van der Waals surface area contributed by atoms with Crippen LogP contribution >= 0.6 is 0 Å². The molecule has 23 heavy (non-hydrogen) atoms. The van der Waals surface area contributed by atoms with Crippen LogP contribution in [0.3, 0.4) is 0 Å². The molecular weight excluding hydrogens is 288 g/mol. The molecular formula is C18H24N4O. The van der Waals surface area contributed by atoms with Crippen LogP contribution < -0.4 is 5.32 Å². The van der Waals surface area contributed by atoms with Gasteiger partial charge in [0, 0.05) is 32.0 Å². The van der Waals surface area contributed by atoms with Crippen molar-refractivity contribution in [3.05, 3.63) is 54.1 Å². The van der Waals surface area contributed by atoms with E-state index in [-0.39, 0.29) is 6.03 Å². The van der Waals surface area contributed by atoms with Crippen LogP contribution in [0.5, 0.6) is 0 Å². The number of rotatable bonds is 6. The number of nitrogens with one attached hydrogen (secondary N) is 1. The van der Waals surface area contributed by atoms with Crippen molar-refractivity contribution in [1.82, 2.24) is 19.8 Å². The maximum atomic E-state index is 12.0. The van der Waals surface area contributed by atoms with Crippen LogP contribution in [0.2, 0.25) is 0 Å². The summed E-state index contributed by atoms with van der Waals surface area (Å²) in [7, 11) is 0. The summed E-state index contributed by atoms with van der Waals surface area (Å²) in [6.45, 7) is 3.16. The molecule has 1 N–H and O–H groups in total. The molecule has 1 aliphatic rings. The maximum Gasteiger partial charge on any atom is 0.317 e. The number of urea groups is 1. The fourth-order valence-electron chi connectivity index (χ4n) is 3.00. The summed E-state index contributed by atoms with van der Waals surface area (Å²) in [5, 5.41) is 2.98. The molecule has 5 nitrogen and oxygen atoms in total. The second-order valence-electron chi connectivity index (χ2n) is 5.98. The highest BCUT2D eigenvalue weighted by Crippen LogP contribution is 2.08. The molecule has 122 valence electrons. The first-order valence-electron chi connectivity index (χ1n) is 8.39. The van der Waals surface area contributed by atoms with Gasteiger partial charge in [-0.15, -0.1) is 0 Å². The third-order valence-electron chi connectivity index (χ3n) is 4.30. The standard InChI is InChI=1S/C18H24N4O/c23-18(22-11-4-5-12-22)20-15-17-19-10-14-21(17)13-6-9-16-7-2-1-3-8-16/h1-3,7-8,10,14H,4-6,9,11-13,15H2,(H,20,23). The van der Waals surface area contributed by atoms with Gasteiger partial charge in [0.15, 0.2) is 0 Å². The molecule has 1 aliphatic heterocycles. The van der Waals surface area contributed by atoms with Gasteiger partial charge in [-0.05, 0) is 31.2 Å². The molecule has 0 bridgehead atoms. The van der Waals surface area contributed by atoms with Crippen molar-refractivity contribution in [3.63, 3.8) is 0 Å². The molecule has 0 atom stereocenters. The Kier molecular flexibility index (Phi) is 5.29. The van der Waals surface area contributed by atoms with E-state index in [0.29, 0.717) is 6.54 Å². The van der Waals surface area contributed by atoms with Crippen LogP contribution in [0, 0.1) is 0 Å². The van der Waals surface area contributed by atoms with Crippen molar-refractivity contribution < 1.29 is 4.79 Å². The molecule has 1 aromatic heterocycles. The second kappa shape index (κ2) is 7.81. The minimum atomic E-state index is 0.0290. The van der Waals surface area contributed by atoms with Crippen LogP contribution in [0.1, 0.15) is 30.7 Å². The van der Waals surface area contributed by atoms with E-state index in [1.807, 2.05) is 17.2 Å². The summed E-state index contributed by atoms with van der Waals surface area (Å²) >= 11 is 0. The van der Waals surface area contributed by atoms with Crippen molar-refractivity contribution in [2.45, 2.75) is 38.8 Å². The fraction of sp³-hybridized carbons (Fsp3) is 0.444. The summed E-state index contributed by atoms with van der Waals surface area (Å²) in [6, 6.07) is 10.5. The lowest BCUT2D eigenvalue weighted by Crippen LogP contribution is -2.38. The van der Waals surface area contributed by atoms with Crippen LogP contribution in [0.15, 0.2) is 42.7 Å². The molecule has 1 aromatic carbocycles. The van der Waals surface area contributed by atoms with E-state index in [2.05, 4.69) is 39.1 Å². The molecule has 0 spiro atoms. The van der Waals surface area contributed by atoms with Crippen molar-refractivity contribution in [2.24, 2.45) is 0 Å². The van der Waals surface area contributed by atoms with E-state index in [4.69, 9.17) is 0 Å². The van der Waals surface area contributed by atoms with Gasteiger partial charge in [-0.2, -0.15) is 0 Å². The zero-order valence-corrected chi connectivity index (χ0v) is 13.4. The van der Waals surface area contributed by atoms with Crippen molar-refractivity contribution in [2.75, 3.05) is 13.1 Å². The van der Waals surface area contributed by atoms with E-state index in [1.54, 1.807) is 6.20 Å². The fourth-order valence-corrected chi connectivity index (χ4v) is 3.00. The van der Waals surface area contributed by atoms with E-state index in [0.717, 1.165) is 51.1 Å². The highest BCUT2D eigenvalue weighted by atomic mass is 16.2. The zero-order chi connectivity index (χ0) is 15.9. The van der Waals surface area contributed by atoms with Crippen LogP contribution in [-0.4, -0.2) is 33.6 Å². The van der Waals surface area contributed by atoms with Gasteiger partial charge in [-0.1, -0.05) is 30.3 Å². The summed E-state index contributed by atoms with van der Waals surface area (Å²) in [6.07, 6.45) is 8.14. The Bertz CT molecular complexity index is 617. The Morgan fingerprint density at radius 1 is 1.17 bits per heavy atom. The van der Waals surface area contributed by atoms with Gasteiger partial charge in [0.25, 0.3) is 0 Å². The average molecular weight is 312 g/mol. The SMILES string of the molecule is O=C(NCc1nccn1CCCc1ccccc1)N1CCCC1. The number of imidazole rings is 1. The number of hydrogen-bond acceptors (Lipinski definition) is 2. The van der Waals surface area contributed by atoms with Gasteiger partial charge in [0.2, 0.25) is 0 Å². The molecule has 2 aromatic rings. The first-order chi connectivity index (χ1) is 11.3. The number of aromatic nitrogens is 2. The molecule has 2 amide bonds. The highest BCUT2D eigenvalue weighted by molar-refractivity contribution is 5.74. The predicted octanol–water partition coefficient (Wildman–Crippen LogP) is 2.82. The van der Waals surface area contributed by atoms with Gasteiger partial charge >= 0.3 is 6.03 Å². The second-order valence-corrected chi connectivity index (χ2v) is 5.98. The monoisotopic (exact) mass is 312 g/mol. The number of likely N-dealkylation sites (tertiary alicyclic amines) is 1. The topological polar surface area (TPSA) is 50.2 Å². The number of hydrogen-bond donors (Lipinski definition) is 1. The third kappa shape index (κ3) is 4.34. The number of benzene rings is 1. The lowest BCUT2D eigenvalue weighted by atomic mass is 10.1. The van der Waals surface area contributed by atoms with Gasteiger partial charge in [0.05, 0.1) is 6.54 Å². The first kappa shape index (κ1) is 15.6.